The quantitative estimate of drug-likeness (QED) is 0.858. The minimum atomic E-state index is -1.43. The van der Waals surface area contributed by atoms with E-state index in [0.717, 1.165) is 36.7 Å². The van der Waals surface area contributed by atoms with Crippen molar-refractivity contribution in [2.75, 3.05) is 31.1 Å². The van der Waals surface area contributed by atoms with Crippen molar-refractivity contribution in [3.8, 4) is 0 Å². The van der Waals surface area contributed by atoms with E-state index in [1.54, 1.807) is 0 Å². The number of benzene rings is 1. The number of nitrogens with zero attached hydrogens (tertiary/aromatic N) is 1. The van der Waals surface area contributed by atoms with Gasteiger partial charge in [-0.3, -0.25) is 4.90 Å². The predicted molar refractivity (Wildman–Crippen MR) is 67.0 cm³/mol. The molecule has 1 heterocycles. The standard InChI is InChI=1S/C12H15F3N2S/c13-9-5-8(6-10(14)12(9)15)11(7-16)17-1-3-18-4-2-17/h5-6,11H,1-4,7,16H2. The Bertz CT molecular complexity index is 399. The largest absolute Gasteiger partial charge is 0.329 e. The van der Waals surface area contributed by atoms with Gasteiger partial charge in [-0.25, -0.2) is 13.2 Å². The minimum Gasteiger partial charge on any atom is -0.329 e. The van der Waals surface area contributed by atoms with Crippen molar-refractivity contribution >= 4 is 11.8 Å². The Labute approximate surface area is 108 Å². The third-order valence-corrected chi connectivity index (χ3v) is 4.04. The van der Waals surface area contributed by atoms with E-state index >= 15 is 0 Å². The zero-order valence-corrected chi connectivity index (χ0v) is 10.7. The summed E-state index contributed by atoms with van der Waals surface area (Å²) in [6, 6.07) is 1.82. The van der Waals surface area contributed by atoms with Crippen LogP contribution < -0.4 is 5.73 Å². The van der Waals surface area contributed by atoms with Gasteiger partial charge in [0.25, 0.3) is 0 Å². The van der Waals surface area contributed by atoms with Gasteiger partial charge in [0.1, 0.15) is 0 Å². The summed E-state index contributed by atoms with van der Waals surface area (Å²) in [6.07, 6.45) is 0. The highest BCUT2D eigenvalue weighted by Gasteiger charge is 2.23. The minimum absolute atomic E-state index is 0.254. The summed E-state index contributed by atoms with van der Waals surface area (Å²) in [4.78, 5) is 2.09. The SMILES string of the molecule is NCC(c1cc(F)c(F)c(F)c1)N1CCSCC1. The molecule has 1 aliphatic rings. The first-order chi connectivity index (χ1) is 8.63. The lowest BCUT2D eigenvalue weighted by atomic mass is 10.0. The molecule has 1 aromatic rings. The van der Waals surface area contributed by atoms with Crippen LogP contribution in [0.4, 0.5) is 13.2 Å². The van der Waals surface area contributed by atoms with Crippen LogP contribution in [0.25, 0.3) is 0 Å². The molecule has 1 aliphatic heterocycles. The van der Waals surface area contributed by atoms with E-state index in [9.17, 15) is 13.2 Å². The normalized spacial score (nSPS) is 18.9. The molecule has 0 aliphatic carbocycles. The van der Waals surface area contributed by atoms with E-state index in [0.29, 0.717) is 5.56 Å². The molecule has 0 radical (unpaired) electrons. The Balaban J connectivity index is 2.26. The van der Waals surface area contributed by atoms with Crippen LogP contribution in [-0.2, 0) is 0 Å². The maximum atomic E-state index is 13.2. The van der Waals surface area contributed by atoms with Crippen LogP contribution in [-0.4, -0.2) is 36.0 Å². The first-order valence-corrected chi connectivity index (χ1v) is 6.95. The lowest BCUT2D eigenvalue weighted by Gasteiger charge is -2.33. The first kappa shape index (κ1) is 13.7. The van der Waals surface area contributed by atoms with Gasteiger partial charge in [0, 0.05) is 37.2 Å². The molecule has 100 valence electrons. The smallest absolute Gasteiger partial charge is 0.194 e. The van der Waals surface area contributed by atoms with Crippen LogP contribution in [0.2, 0.25) is 0 Å². The van der Waals surface area contributed by atoms with Crippen molar-refractivity contribution in [2.45, 2.75) is 6.04 Å². The summed E-state index contributed by atoms with van der Waals surface area (Å²) in [5, 5.41) is 0. The van der Waals surface area contributed by atoms with Crippen LogP contribution in [0.15, 0.2) is 12.1 Å². The van der Waals surface area contributed by atoms with E-state index in [4.69, 9.17) is 5.73 Å². The lowest BCUT2D eigenvalue weighted by Crippen LogP contribution is -2.39. The Kier molecular flexibility index (Phi) is 4.53. The highest BCUT2D eigenvalue weighted by molar-refractivity contribution is 7.99. The van der Waals surface area contributed by atoms with Gasteiger partial charge in [0.05, 0.1) is 0 Å². The van der Waals surface area contributed by atoms with Crippen molar-refractivity contribution in [3.63, 3.8) is 0 Å². The molecule has 2 rings (SSSR count). The molecule has 2 N–H and O–H groups in total. The second-order valence-electron chi connectivity index (χ2n) is 4.20. The Morgan fingerprint density at radius 3 is 2.22 bits per heavy atom. The molecule has 6 heteroatoms. The summed E-state index contributed by atoms with van der Waals surface area (Å²) < 4.78 is 39.4. The third kappa shape index (κ3) is 2.81. The van der Waals surface area contributed by atoms with Gasteiger partial charge in [0.2, 0.25) is 0 Å². The Morgan fingerprint density at radius 2 is 1.72 bits per heavy atom. The average Bonchev–Trinajstić information content (AvgIpc) is 2.38. The molecule has 1 atom stereocenters. The molecule has 0 bridgehead atoms. The fourth-order valence-corrected chi connectivity index (χ4v) is 3.08. The first-order valence-electron chi connectivity index (χ1n) is 5.79. The van der Waals surface area contributed by atoms with E-state index in [1.807, 2.05) is 11.8 Å². The topological polar surface area (TPSA) is 29.3 Å². The molecular weight excluding hydrogens is 261 g/mol. The monoisotopic (exact) mass is 276 g/mol. The zero-order valence-electron chi connectivity index (χ0n) is 9.83. The van der Waals surface area contributed by atoms with Crippen molar-refractivity contribution in [2.24, 2.45) is 5.73 Å². The number of rotatable bonds is 3. The van der Waals surface area contributed by atoms with Crippen LogP contribution >= 0.6 is 11.8 Å². The van der Waals surface area contributed by atoms with Crippen molar-refractivity contribution < 1.29 is 13.2 Å². The van der Waals surface area contributed by atoms with Crippen LogP contribution in [0.5, 0.6) is 0 Å². The van der Waals surface area contributed by atoms with Gasteiger partial charge < -0.3 is 5.73 Å². The average molecular weight is 276 g/mol. The van der Waals surface area contributed by atoms with E-state index in [-0.39, 0.29) is 12.6 Å². The van der Waals surface area contributed by atoms with Gasteiger partial charge >= 0.3 is 0 Å². The van der Waals surface area contributed by atoms with Gasteiger partial charge in [-0.2, -0.15) is 11.8 Å². The summed E-state index contributed by atoms with van der Waals surface area (Å²) in [6.45, 7) is 1.91. The zero-order chi connectivity index (χ0) is 13.1. The third-order valence-electron chi connectivity index (χ3n) is 3.10. The van der Waals surface area contributed by atoms with Crippen molar-refractivity contribution in [1.29, 1.82) is 0 Å². The fourth-order valence-electron chi connectivity index (χ4n) is 2.15. The van der Waals surface area contributed by atoms with Gasteiger partial charge in [0.15, 0.2) is 17.5 Å². The number of nitrogens with two attached hydrogens (primary N) is 1. The predicted octanol–water partition coefficient (Wildman–Crippen LogP) is 2.15. The maximum absolute atomic E-state index is 13.2. The molecule has 0 saturated carbocycles. The molecule has 2 nitrogen and oxygen atoms in total. The molecule has 1 fully saturated rings. The summed E-state index contributed by atoms with van der Waals surface area (Å²) in [7, 11) is 0. The van der Waals surface area contributed by atoms with Crippen LogP contribution in [0, 0.1) is 17.5 Å². The molecular formula is C12H15F3N2S. The van der Waals surface area contributed by atoms with E-state index < -0.39 is 17.5 Å². The molecule has 1 unspecified atom stereocenters. The van der Waals surface area contributed by atoms with Crippen LogP contribution in [0.1, 0.15) is 11.6 Å². The number of hydrogen-bond donors (Lipinski definition) is 1. The lowest BCUT2D eigenvalue weighted by molar-refractivity contribution is 0.222. The van der Waals surface area contributed by atoms with Crippen molar-refractivity contribution in [3.05, 3.63) is 35.1 Å². The number of hydrogen-bond acceptors (Lipinski definition) is 3. The summed E-state index contributed by atoms with van der Waals surface area (Å²) in [5.41, 5.74) is 6.09. The molecule has 0 amide bonds. The fraction of sp³-hybridized carbons (Fsp3) is 0.500. The number of thioether (sulfide) groups is 1. The Morgan fingerprint density at radius 1 is 1.17 bits per heavy atom. The summed E-state index contributed by atoms with van der Waals surface area (Å²) in [5.74, 6) is -1.79. The Hall–Kier alpha value is -0.720. The maximum Gasteiger partial charge on any atom is 0.194 e. The second-order valence-corrected chi connectivity index (χ2v) is 5.42. The summed E-state index contributed by atoms with van der Waals surface area (Å²) >= 11 is 1.84. The van der Waals surface area contributed by atoms with Crippen molar-refractivity contribution in [1.82, 2.24) is 4.90 Å². The molecule has 18 heavy (non-hydrogen) atoms. The van der Waals surface area contributed by atoms with Gasteiger partial charge in [-0.05, 0) is 17.7 Å². The molecule has 1 saturated heterocycles. The number of halogens is 3. The van der Waals surface area contributed by atoms with Crippen LogP contribution in [0.3, 0.4) is 0 Å². The molecule has 1 aromatic carbocycles. The van der Waals surface area contributed by atoms with Gasteiger partial charge in [-0.15, -0.1) is 0 Å². The van der Waals surface area contributed by atoms with E-state index in [1.165, 1.54) is 0 Å². The highest BCUT2D eigenvalue weighted by atomic mass is 32.2. The molecule has 0 spiro atoms. The molecule has 0 aromatic heterocycles. The van der Waals surface area contributed by atoms with Gasteiger partial charge in [-0.1, -0.05) is 0 Å². The second kappa shape index (κ2) is 5.95. The van der Waals surface area contributed by atoms with E-state index in [2.05, 4.69) is 4.90 Å². The highest BCUT2D eigenvalue weighted by Crippen LogP contribution is 2.25.